The van der Waals surface area contributed by atoms with E-state index in [4.69, 9.17) is 21.1 Å². The zero-order valence-electron chi connectivity index (χ0n) is 8.57. The first kappa shape index (κ1) is 9.73. The third-order valence-corrected chi connectivity index (χ3v) is 2.74. The number of rotatable bonds is 0. The van der Waals surface area contributed by atoms with Crippen molar-refractivity contribution in [1.29, 1.82) is 0 Å². The molecule has 1 aliphatic heterocycles. The molecule has 3 rings (SSSR count). The lowest BCUT2D eigenvalue weighted by atomic mass is 10.2. The number of benzene rings is 1. The van der Waals surface area contributed by atoms with E-state index in [-0.39, 0.29) is 0 Å². The van der Waals surface area contributed by atoms with E-state index < -0.39 is 0 Å². The first-order valence-corrected chi connectivity index (χ1v) is 5.57. The SMILES string of the molecule is Clc1ccc2cc3c(cc2n1)OCCCO3. The van der Waals surface area contributed by atoms with Crippen molar-refractivity contribution in [3.05, 3.63) is 29.4 Å². The average molecular weight is 236 g/mol. The number of aromatic nitrogens is 1. The number of halogens is 1. The Labute approximate surface area is 98.0 Å². The molecule has 82 valence electrons. The lowest BCUT2D eigenvalue weighted by Crippen LogP contribution is -1.97. The summed E-state index contributed by atoms with van der Waals surface area (Å²) >= 11 is 5.85. The van der Waals surface area contributed by atoms with E-state index >= 15 is 0 Å². The molecule has 1 aromatic heterocycles. The van der Waals surface area contributed by atoms with Crippen molar-refractivity contribution < 1.29 is 9.47 Å². The van der Waals surface area contributed by atoms with Crippen LogP contribution in [-0.4, -0.2) is 18.2 Å². The predicted molar refractivity (Wildman–Crippen MR) is 62.4 cm³/mol. The summed E-state index contributed by atoms with van der Waals surface area (Å²) in [5, 5.41) is 1.50. The number of nitrogens with zero attached hydrogens (tertiary/aromatic N) is 1. The van der Waals surface area contributed by atoms with Crippen LogP contribution in [0.5, 0.6) is 11.5 Å². The highest BCUT2D eigenvalue weighted by atomic mass is 35.5. The molecule has 0 fully saturated rings. The van der Waals surface area contributed by atoms with Gasteiger partial charge in [0.25, 0.3) is 0 Å². The minimum Gasteiger partial charge on any atom is -0.490 e. The Morgan fingerprint density at radius 2 is 1.81 bits per heavy atom. The van der Waals surface area contributed by atoms with E-state index in [1.54, 1.807) is 6.07 Å². The van der Waals surface area contributed by atoms with Crippen molar-refractivity contribution in [2.45, 2.75) is 6.42 Å². The van der Waals surface area contributed by atoms with Gasteiger partial charge >= 0.3 is 0 Å². The van der Waals surface area contributed by atoms with Crippen LogP contribution >= 0.6 is 11.6 Å². The Morgan fingerprint density at radius 3 is 2.62 bits per heavy atom. The summed E-state index contributed by atoms with van der Waals surface area (Å²) < 4.78 is 11.2. The Bertz CT molecular complexity index is 542. The molecular formula is C12H10ClNO2. The summed E-state index contributed by atoms with van der Waals surface area (Å²) in [5.74, 6) is 1.54. The maximum atomic E-state index is 5.85. The molecule has 0 saturated carbocycles. The van der Waals surface area contributed by atoms with E-state index in [1.807, 2.05) is 18.2 Å². The van der Waals surface area contributed by atoms with Crippen LogP contribution in [0.4, 0.5) is 0 Å². The molecule has 0 saturated heterocycles. The van der Waals surface area contributed by atoms with E-state index in [9.17, 15) is 0 Å². The fraction of sp³-hybridized carbons (Fsp3) is 0.250. The first-order chi connectivity index (χ1) is 7.83. The summed E-state index contributed by atoms with van der Waals surface area (Å²) in [6.07, 6.45) is 0.902. The van der Waals surface area contributed by atoms with Gasteiger partial charge in [-0.3, -0.25) is 0 Å². The molecule has 0 amide bonds. The van der Waals surface area contributed by atoms with E-state index in [1.165, 1.54) is 0 Å². The van der Waals surface area contributed by atoms with Gasteiger partial charge in [-0.2, -0.15) is 0 Å². The topological polar surface area (TPSA) is 31.4 Å². The largest absolute Gasteiger partial charge is 0.490 e. The van der Waals surface area contributed by atoms with Gasteiger partial charge in [0.2, 0.25) is 0 Å². The molecule has 0 unspecified atom stereocenters. The standard InChI is InChI=1S/C12H10ClNO2/c13-12-3-2-8-6-10-11(7-9(8)14-12)16-5-1-4-15-10/h2-3,6-7H,1,4-5H2. The van der Waals surface area contributed by atoms with Crippen molar-refractivity contribution in [3.8, 4) is 11.5 Å². The van der Waals surface area contributed by atoms with Gasteiger partial charge in [0, 0.05) is 17.9 Å². The highest BCUT2D eigenvalue weighted by molar-refractivity contribution is 6.29. The quantitative estimate of drug-likeness (QED) is 0.658. The summed E-state index contributed by atoms with van der Waals surface area (Å²) in [4.78, 5) is 4.24. The molecule has 0 radical (unpaired) electrons. The predicted octanol–water partition coefficient (Wildman–Crippen LogP) is 3.05. The summed E-state index contributed by atoms with van der Waals surface area (Å²) in [5.41, 5.74) is 0.830. The number of hydrogen-bond acceptors (Lipinski definition) is 3. The maximum absolute atomic E-state index is 5.85. The number of hydrogen-bond donors (Lipinski definition) is 0. The molecule has 0 bridgehead atoms. The highest BCUT2D eigenvalue weighted by Crippen LogP contribution is 2.33. The van der Waals surface area contributed by atoms with Crippen LogP contribution in [-0.2, 0) is 0 Å². The van der Waals surface area contributed by atoms with Gasteiger partial charge in [0.1, 0.15) is 5.15 Å². The van der Waals surface area contributed by atoms with Crippen LogP contribution in [0.2, 0.25) is 5.15 Å². The molecular weight excluding hydrogens is 226 g/mol. The van der Waals surface area contributed by atoms with Crippen molar-refractivity contribution in [2.75, 3.05) is 13.2 Å². The normalized spacial score (nSPS) is 14.8. The molecule has 1 aliphatic rings. The van der Waals surface area contributed by atoms with Gasteiger partial charge < -0.3 is 9.47 Å². The average Bonchev–Trinajstić information content (AvgIpc) is 2.50. The first-order valence-electron chi connectivity index (χ1n) is 5.19. The second-order valence-electron chi connectivity index (χ2n) is 3.68. The monoisotopic (exact) mass is 235 g/mol. The zero-order chi connectivity index (χ0) is 11.0. The molecule has 4 heteroatoms. The summed E-state index contributed by atoms with van der Waals surface area (Å²) in [7, 11) is 0. The van der Waals surface area contributed by atoms with Crippen LogP contribution < -0.4 is 9.47 Å². The third kappa shape index (κ3) is 1.67. The van der Waals surface area contributed by atoms with Crippen molar-refractivity contribution in [1.82, 2.24) is 4.98 Å². The van der Waals surface area contributed by atoms with E-state index in [0.29, 0.717) is 18.4 Å². The fourth-order valence-corrected chi connectivity index (χ4v) is 1.91. The molecule has 0 aliphatic carbocycles. The minimum absolute atomic E-state index is 0.488. The minimum atomic E-state index is 0.488. The zero-order valence-corrected chi connectivity index (χ0v) is 9.33. The van der Waals surface area contributed by atoms with Gasteiger partial charge in [0.15, 0.2) is 11.5 Å². The summed E-state index contributed by atoms with van der Waals surface area (Å²) in [6, 6.07) is 7.52. The molecule has 2 aromatic rings. The van der Waals surface area contributed by atoms with Crippen molar-refractivity contribution in [3.63, 3.8) is 0 Å². The third-order valence-electron chi connectivity index (χ3n) is 2.52. The molecule has 16 heavy (non-hydrogen) atoms. The van der Waals surface area contributed by atoms with Gasteiger partial charge in [0.05, 0.1) is 18.7 Å². The second kappa shape index (κ2) is 3.83. The van der Waals surface area contributed by atoms with Crippen LogP contribution in [0, 0.1) is 0 Å². The molecule has 0 atom stereocenters. The molecule has 1 aromatic carbocycles. The van der Waals surface area contributed by atoms with E-state index in [0.717, 1.165) is 28.8 Å². The van der Waals surface area contributed by atoms with Gasteiger partial charge in [-0.25, -0.2) is 4.98 Å². The smallest absolute Gasteiger partial charge is 0.163 e. The number of pyridine rings is 1. The van der Waals surface area contributed by atoms with Gasteiger partial charge in [-0.1, -0.05) is 11.6 Å². The Hall–Kier alpha value is -1.48. The molecule has 2 heterocycles. The molecule has 0 spiro atoms. The maximum Gasteiger partial charge on any atom is 0.163 e. The van der Waals surface area contributed by atoms with Crippen molar-refractivity contribution >= 4 is 22.5 Å². The fourth-order valence-electron chi connectivity index (χ4n) is 1.75. The highest BCUT2D eigenvalue weighted by Gasteiger charge is 2.11. The Kier molecular flexibility index (Phi) is 2.33. The lowest BCUT2D eigenvalue weighted by molar-refractivity contribution is 0.297. The Morgan fingerprint density at radius 1 is 1.06 bits per heavy atom. The van der Waals surface area contributed by atoms with Crippen LogP contribution in [0.1, 0.15) is 6.42 Å². The van der Waals surface area contributed by atoms with Crippen LogP contribution in [0.25, 0.3) is 10.9 Å². The van der Waals surface area contributed by atoms with Crippen LogP contribution in [0.15, 0.2) is 24.3 Å². The molecule has 3 nitrogen and oxygen atoms in total. The molecule has 0 N–H and O–H groups in total. The Balaban J connectivity index is 2.20. The number of fused-ring (bicyclic) bond motifs is 2. The van der Waals surface area contributed by atoms with E-state index in [2.05, 4.69) is 4.98 Å². The summed E-state index contributed by atoms with van der Waals surface area (Å²) in [6.45, 7) is 1.37. The van der Waals surface area contributed by atoms with Crippen molar-refractivity contribution in [2.24, 2.45) is 0 Å². The van der Waals surface area contributed by atoms with Gasteiger partial charge in [-0.05, 0) is 18.2 Å². The van der Waals surface area contributed by atoms with Crippen LogP contribution in [0.3, 0.4) is 0 Å². The number of ether oxygens (including phenoxy) is 2. The lowest BCUT2D eigenvalue weighted by Gasteiger charge is -2.08. The van der Waals surface area contributed by atoms with Gasteiger partial charge in [-0.15, -0.1) is 0 Å². The second-order valence-corrected chi connectivity index (χ2v) is 4.06.